The Labute approximate surface area is 115 Å². The number of hydrogen-bond acceptors (Lipinski definition) is 5. The first-order valence-corrected chi connectivity index (χ1v) is 6.97. The van der Waals surface area contributed by atoms with Crippen LogP contribution in [0.5, 0.6) is 0 Å². The largest absolute Gasteiger partial charge is 0.395 e. The fourth-order valence-corrected chi connectivity index (χ4v) is 2.69. The van der Waals surface area contributed by atoms with Gasteiger partial charge in [0.25, 0.3) is 0 Å². The lowest BCUT2D eigenvalue weighted by molar-refractivity contribution is 0.302. The van der Waals surface area contributed by atoms with Gasteiger partial charge in [-0.05, 0) is 24.6 Å². The highest BCUT2D eigenvalue weighted by Gasteiger charge is 2.10. The standard InChI is InChI=1S/C13H16FN3OS/c1-2-17(7-8-18)13-16-15-12(19-13)9-10-3-5-11(14)6-4-10/h3-6,18H,2,7-9H2,1H3. The number of nitrogens with zero attached hydrogens (tertiary/aromatic N) is 3. The summed E-state index contributed by atoms with van der Waals surface area (Å²) in [6.07, 6.45) is 0.647. The number of anilines is 1. The summed E-state index contributed by atoms with van der Waals surface area (Å²) in [5, 5.41) is 18.9. The average molecular weight is 281 g/mol. The molecule has 2 aromatic rings. The first kappa shape index (κ1) is 13.9. The summed E-state index contributed by atoms with van der Waals surface area (Å²) in [5.74, 6) is -0.234. The molecule has 2 rings (SSSR count). The maximum Gasteiger partial charge on any atom is 0.208 e. The lowest BCUT2D eigenvalue weighted by Crippen LogP contribution is -2.25. The monoisotopic (exact) mass is 281 g/mol. The molecule has 0 fully saturated rings. The summed E-state index contributed by atoms with van der Waals surface area (Å²) in [5.41, 5.74) is 1.01. The van der Waals surface area contributed by atoms with Gasteiger partial charge in [0, 0.05) is 19.5 Å². The molecule has 1 N–H and O–H groups in total. The Balaban J connectivity index is 2.06. The Morgan fingerprint density at radius 3 is 2.63 bits per heavy atom. The van der Waals surface area contributed by atoms with Crippen molar-refractivity contribution in [3.63, 3.8) is 0 Å². The van der Waals surface area contributed by atoms with E-state index in [2.05, 4.69) is 10.2 Å². The van der Waals surface area contributed by atoms with Gasteiger partial charge in [-0.2, -0.15) is 0 Å². The maximum atomic E-state index is 12.8. The first-order valence-electron chi connectivity index (χ1n) is 6.15. The van der Waals surface area contributed by atoms with Gasteiger partial charge in [-0.3, -0.25) is 0 Å². The minimum Gasteiger partial charge on any atom is -0.395 e. The molecule has 0 saturated heterocycles. The van der Waals surface area contributed by atoms with Crippen LogP contribution in [0.15, 0.2) is 24.3 Å². The minimum absolute atomic E-state index is 0.0979. The molecule has 6 heteroatoms. The van der Waals surface area contributed by atoms with Crippen molar-refractivity contribution in [2.24, 2.45) is 0 Å². The number of rotatable bonds is 6. The number of aromatic nitrogens is 2. The number of halogens is 1. The lowest BCUT2D eigenvalue weighted by Gasteiger charge is -2.16. The minimum atomic E-state index is -0.234. The van der Waals surface area contributed by atoms with Gasteiger partial charge in [0.15, 0.2) is 0 Å². The SMILES string of the molecule is CCN(CCO)c1nnc(Cc2ccc(F)cc2)s1. The Kier molecular flexibility index (Phi) is 4.81. The molecular formula is C13H16FN3OS. The zero-order valence-electron chi connectivity index (χ0n) is 10.7. The van der Waals surface area contributed by atoms with Crippen LogP contribution in [0.1, 0.15) is 17.5 Å². The number of hydrogen-bond donors (Lipinski definition) is 1. The van der Waals surface area contributed by atoms with E-state index in [1.165, 1.54) is 23.5 Å². The fourth-order valence-electron chi connectivity index (χ4n) is 1.73. The van der Waals surface area contributed by atoms with E-state index in [1.807, 2.05) is 11.8 Å². The van der Waals surface area contributed by atoms with Gasteiger partial charge in [0.2, 0.25) is 5.13 Å². The predicted octanol–water partition coefficient (Wildman–Crippen LogP) is 2.09. The summed E-state index contributed by atoms with van der Waals surface area (Å²) in [7, 11) is 0. The molecule has 1 aromatic carbocycles. The lowest BCUT2D eigenvalue weighted by atomic mass is 10.2. The van der Waals surface area contributed by atoms with Crippen molar-refractivity contribution >= 4 is 16.5 Å². The molecular weight excluding hydrogens is 265 g/mol. The van der Waals surface area contributed by atoms with Gasteiger partial charge < -0.3 is 10.0 Å². The van der Waals surface area contributed by atoms with E-state index in [0.29, 0.717) is 13.0 Å². The van der Waals surface area contributed by atoms with E-state index in [9.17, 15) is 4.39 Å². The van der Waals surface area contributed by atoms with Crippen LogP contribution < -0.4 is 4.90 Å². The fraction of sp³-hybridized carbons (Fsp3) is 0.385. The van der Waals surface area contributed by atoms with Gasteiger partial charge in [-0.25, -0.2) is 4.39 Å². The highest BCUT2D eigenvalue weighted by atomic mass is 32.1. The molecule has 0 saturated carbocycles. The molecule has 0 bridgehead atoms. The highest BCUT2D eigenvalue weighted by Crippen LogP contribution is 2.22. The van der Waals surface area contributed by atoms with Crippen molar-refractivity contribution in [2.75, 3.05) is 24.6 Å². The van der Waals surface area contributed by atoms with E-state index >= 15 is 0 Å². The zero-order chi connectivity index (χ0) is 13.7. The molecule has 19 heavy (non-hydrogen) atoms. The first-order chi connectivity index (χ1) is 9.22. The van der Waals surface area contributed by atoms with Crippen LogP contribution in [0.2, 0.25) is 0 Å². The predicted molar refractivity (Wildman–Crippen MR) is 74.1 cm³/mol. The van der Waals surface area contributed by atoms with Gasteiger partial charge in [0.1, 0.15) is 10.8 Å². The molecule has 0 atom stereocenters. The third-order valence-corrected chi connectivity index (χ3v) is 3.73. The number of likely N-dealkylation sites (N-methyl/N-ethyl adjacent to an activating group) is 1. The van der Waals surface area contributed by atoms with Crippen LogP contribution in [0.4, 0.5) is 9.52 Å². The van der Waals surface area contributed by atoms with Crippen LogP contribution in [-0.4, -0.2) is 35.0 Å². The van der Waals surface area contributed by atoms with Crippen molar-refractivity contribution in [3.05, 3.63) is 40.7 Å². The smallest absolute Gasteiger partial charge is 0.208 e. The highest BCUT2D eigenvalue weighted by molar-refractivity contribution is 7.15. The summed E-state index contributed by atoms with van der Waals surface area (Å²) >= 11 is 1.50. The third-order valence-electron chi connectivity index (χ3n) is 2.75. The Morgan fingerprint density at radius 1 is 1.26 bits per heavy atom. The van der Waals surface area contributed by atoms with Crippen LogP contribution in [0.25, 0.3) is 0 Å². The molecule has 0 aliphatic heterocycles. The Bertz CT molecular complexity index is 515. The molecule has 0 amide bonds. The van der Waals surface area contributed by atoms with Crippen LogP contribution >= 0.6 is 11.3 Å². The second-order valence-electron chi connectivity index (χ2n) is 4.08. The molecule has 4 nitrogen and oxygen atoms in total. The van der Waals surface area contributed by atoms with Gasteiger partial charge >= 0.3 is 0 Å². The quantitative estimate of drug-likeness (QED) is 0.881. The molecule has 1 aromatic heterocycles. The van der Waals surface area contributed by atoms with Crippen molar-refractivity contribution in [2.45, 2.75) is 13.3 Å². The Morgan fingerprint density at radius 2 is 2.00 bits per heavy atom. The second-order valence-corrected chi connectivity index (χ2v) is 5.13. The van der Waals surface area contributed by atoms with Crippen LogP contribution in [0, 0.1) is 5.82 Å². The zero-order valence-corrected chi connectivity index (χ0v) is 11.5. The van der Waals surface area contributed by atoms with Crippen LogP contribution in [0.3, 0.4) is 0 Å². The van der Waals surface area contributed by atoms with Crippen molar-refractivity contribution in [1.82, 2.24) is 10.2 Å². The van der Waals surface area contributed by atoms with E-state index in [0.717, 1.165) is 22.2 Å². The van der Waals surface area contributed by atoms with E-state index < -0.39 is 0 Å². The molecule has 1 heterocycles. The topological polar surface area (TPSA) is 49.2 Å². The summed E-state index contributed by atoms with van der Waals surface area (Å²) in [6.45, 7) is 3.45. The average Bonchev–Trinajstić information content (AvgIpc) is 2.87. The summed E-state index contributed by atoms with van der Waals surface area (Å²) < 4.78 is 12.8. The molecule has 0 aliphatic rings. The van der Waals surface area contributed by atoms with E-state index in [1.54, 1.807) is 12.1 Å². The van der Waals surface area contributed by atoms with Crippen LogP contribution in [-0.2, 0) is 6.42 Å². The number of aliphatic hydroxyl groups excluding tert-OH is 1. The van der Waals surface area contributed by atoms with E-state index in [-0.39, 0.29) is 12.4 Å². The molecule has 0 radical (unpaired) electrons. The third kappa shape index (κ3) is 3.71. The Hall–Kier alpha value is -1.53. The summed E-state index contributed by atoms with van der Waals surface area (Å²) in [6, 6.07) is 6.40. The second kappa shape index (κ2) is 6.58. The summed E-state index contributed by atoms with van der Waals surface area (Å²) in [4.78, 5) is 1.98. The number of aliphatic hydroxyl groups is 1. The normalized spacial score (nSPS) is 10.7. The van der Waals surface area contributed by atoms with E-state index in [4.69, 9.17) is 5.11 Å². The van der Waals surface area contributed by atoms with Gasteiger partial charge in [0.05, 0.1) is 6.61 Å². The van der Waals surface area contributed by atoms with Gasteiger partial charge in [-0.15, -0.1) is 10.2 Å². The molecule has 0 spiro atoms. The molecule has 0 unspecified atom stereocenters. The van der Waals surface area contributed by atoms with Crippen molar-refractivity contribution in [1.29, 1.82) is 0 Å². The van der Waals surface area contributed by atoms with Crippen molar-refractivity contribution in [3.8, 4) is 0 Å². The maximum absolute atomic E-state index is 12.8. The van der Waals surface area contributed by atoms with Gasteiger partial charge in [-0.1, -0.05) is 23.5 Å². The molecule has 102 valence electrons. The molecule has 0 aliphatic carbocycles. The van der Waals surface area contributed by atoms with Crippen molar-refractivity contribution < 1.29 is 9.50 Å². The number of benzene rings is 1.